The topological polar surface area (TPSA) is 290 Å². The molecule has 38 unspecified atom stereocenters. The van der Waals surface area contributed by atoms with E-state index in [0.717, 1.165) is 106 Å². The summed E-state index contributed by atoms with van der Waals surface area (Å²) >= 11 is 0. The highest BCUT2D eigenvalue weighted by Crippen LogP contribution is 2.57. The minimum absolute atomic E-state index is 0.00556. The van der Waals surface area contributed by atoms with Gasteiger partial charge in [0.2, 0.25) is 0 Å². The summed E-state index contributed by atoms with van der Waals surface area (Å²) in [5.74, 6) is -1.30. The second-order valence-electron chi connectivity index (χ2n) is 35.2. The molecular weight excluding hydrogens is 1370 g/mol. The molecule has 0 amide bonds. The molecule has 0 aromatic heterocycles. The molecule has 0 aromatic rings. The second kappa shape index (κ2) is 31.0. The van der Waals surface area contributed by atoms with Crippen molar-refractivity contribution in [2.45, 2.75) is 401 Å². The number of carbonyl (C=O) groups excluding carboxylic acids is 2. The van der Waals surface area contributed by atoms with E-state index in [1.54, 1.807) is 14.2 Å². The van der Waals surface area contributed by atoms with Crippen LogP contribution in [0.25, 0.3) is 10.4 Å². The van der Waals surface area contributed by atoms with Crippen LogP contribution in [0.2, 0.25) is 0 Å². The van der Waals surface area contributed by atoms with Crippen molar-refractivity contribution in [1.82, 2.24) is 0 Å². The van der Waals surface area contributed by atoms with Crippen molar-refractivity contribution in [3.8, 4) is 0 Å². The van der Waals surface area contributed by atoms with Gasteiger partial charge in [0.05, 0.1) is 141 Å². The average Bonchev–Trinajstić information content (AvgIpc) is 1.55. The molecule has 588 valence electrons. The lowest BCUT2D eigenvalue weighted by Crippen LogP contribution is -2.61. The number of azide groups is 1. The molecule has 20 fully saturated rings. The number of Topliss-reactive ketones (excluding diaryl/α,β-unsaturated/α-hetero) is 2. The van der Waals surface area contributed by atoms with Gasteiger partial charge in [-0.2, -0.15) is 0 Å². The smallest absolute Gasteiger partial charge is 0.172 e. The van der Waals surface area contributed by atoms with Crippen LogP contribution in [0, 0.1) is 23.7 Å². The van der Waals surface area contributed by atoms with Crippen LogP contribution >= 0.6 is 0 Å². The molecule has 0 radical (unpaired) electrons. The number of nitrogens with zero attached hydrogens (tertiary/aromatic N) is 3. The zero-order valence-corrected chi connectivity index (χ0v) is 62.8. The van der Waals surface area contributed by atoms with Gasteiger partial charge >= 0.3 is 0 Å². The molecule has 25 heteroatoms. The lowest BCUT2D eigenvalue weighted by molar-refractivity contribution is -0.292. The maximum atomic E-state index is 14.1. The first kappa shape index (κ1) is 75.5. The first-order valence-electron chi connectivity index (χ1n) is 41.0. The zero-order valence-electron chi connectivity index (χ0n) is 62.8. The minimum atomic E-state index is -0.908. The van der Waals surface area contributed by atoms with E-state index < -0.39 is 36.0 Å². The summed E-state index contributed by atoms with van der Waals surface area (Å²) in [6.45, 7) is 24.2. The summed E-state index contributed by atoms with van der Waals surface area (Å²) in [5, 5.41) is 24.9. The lowest BCUT2D eigenvalue weighted by atomic mass is 9.81. The Hall–Kier alpha value is -3.19. The van der Waals surface area contributed by atoms with Crippen LogP contribution in [0.4, 0.5) is 0 Å². The molecule has 25 nitrogen and oxygen atoms in total. The number of hydrogen-bond acceptors (Lipinski definition) is 23. The van der Waals surface area contributed by atoms with Crippen LogP contribution in [0.15, 0.2) is 53.7 Å². The fraction of sp³-hybridized carbons (Fsp3) is 0.877. The molecular formula is C81H117N3O22. The van der Waals surface area contributed by atoms with Gasteiger partial charge in [-0.25, -0.2) is 0 Å². The predicted octanol–water partition coefficient (Wildman–Crippen LogP) is 9.68. The number of aliphatic hydroxyl groups is 2. The Labute approximate surface area is 623 Å². The van der Waals surface area contributed by atoms with Gasteiger partial charge in [-0.15, -0.1) is 0 Å². The van der Waals surface area contributed by atoms with Crippen LogP contribution in [0.1, 0.15) is 194 Å². The van der Waals surface area contributed by atoms with Crippen LogP contribution in [0.5, 0.6) is 0 Å². The summed E-state index contributed by atoms with van der Waals surface area (Å²) in [6, 6.07) is 0. The summed E-state index contributed by atoms with van der Waals surface area (Å²) in [5.41, 5.74) is 13.2. The Bertz CT molecular complexity index is 3300. The highest BCUT2D eigenvalue weighted by molar-refractivity contribution is 5.80. The van der Waals surface area contributed by atoms with Crippen molar-refractivity contribution >= 4 is 11.6 Å². The highest BCUT2D eigenvalue weighted by Gasteiger charge is 2.71. The largest absolute Gasteiger partial charge is 0.393 e. The minimum Gasteiger partial charge on any atom is -0.393 e. The maximum absolute atomic E-state index is 14.1. The summed E-state index contributed by atoms with van der Waals surface area (Å²) < 4.78 is 120. The summed E-state index contributed by atoms with van der Waals surface area (Å²) in [4.78, 5) is 31.0. The number of aliphatic hydroxyl groups excluding tert-OH is 2. The van der Waals surface area contributed by atoms with E-state index >= 15 is 0 Å². The Kier molecular flexibility index (Phi) is 22.0. The van der Waals surface area contributed by atoms with Crippen LogP contribution in [0.3, 0.4) is 0 Å². The van der Waals surface area contributed by atoms with Crippen LogP contribution < -0.4 is 0 Å². The third-order valence-corrected chi connectivity index (χ3v) is 28.2. The normalized spacial score (nSPS) is 51.5. The number of ether oxygens (including phenoxy) is 18. The quantitative estimate of drug-likeness (QED) is 0.0939. The standard InChI is InChI=1S/C41H60O11.C40H57N3O11/c1-6-23(42)17-33-35(44-5)28-16-24(43)15-26-8-10-30-36(47-26)40-39-38(49-30)37-34(50-39)19-41(51-37,52-40)12-11-27-14-21(3)29(45-27)9-7-25-13-20(2)22(4)31(46-25)18-32(28)48-33;1-19-11-24-5-7-28-20(2)12-26(47-28)9-10-40-17-33-36(53-40)37-38(52-33)39(54-40)35-29(51-37)8-6-25(49-35)13-22(44)14-27-31(16-30(48-24)21(19)3)50-32(34(27)46-4)15-23(45)18-42-43-41/h20,23,25-40,42H,3-4,6-19H2,1-2,5H3;19,23-39,45H,2-3,5-18H2,1,4H3. The van der Waals surface area contributed by atoms with E-state index in [1.165, 1.54) is 0 Å². The first-order chi connectivity index (χ1) is 51.2. The van der Waals surface area contributed by atoms with Gasteiger partial charge in [0.15, 0.2) is 11.6 Å². The highest BCUT2D eigenvalue weighted by atomic mass is 16.8. The molecule has 0 aromatic carbocycles. The third-order valence-electron chi connectivity index (χ3n) is 28.2. The number of fused-ring (bicyclic) bond motifs is 12. The van der Waals surface area contributed by atoms with E-state index in [9.17, 15) is 19.8 Å². The van der Waals surface area contributed by atoms with Crippen molar-refractivity contribution < 1.29 is 105 Å². The van der Waals surface area contributed by atoms with Crippen molar-refractivity contribution in [1.29, 1.82) is 0 Å². The van der Waals surface area contributed by atoms with Crippen molar-refractivity contribution in [3.63, 3.8) is 0 Å². The van der Waals surface area contributed by atoms with Crippen molar-refractivity contribution in [2.75, 3.05) is 20.8 Å². The van der Waals surface area contributed by atoms with E-state index in [1.807, 2.05) is 6.92 Å². The maximum Gasteiger partial charge on any atom is 0.172 e. The van der Waals surface area contributed by atoms with E-state index in [4.69, 9.17) is 90.8 Å². The number of rotatable bonds is 9. The van der Waals surface area contributed by atoms with Crippen LogP contribution in [-0.2, 0) is 94.9 Å². The molecule has 0 saturated carbocycles. The number of methoxy groups -OCH3 is 2. The van der Waals surface area contributed by atoms with Gasteiger partial charge in [-0.05, 0) is 136 Å². The van der Waals surface area contributed by atoms with Gasteiger partial charge in [0.1, 0.15) is 72.6 Å². The number of carbonyl (C=O) groups is 2. The molecule has 20 rings (SSSR count). The molecule has 38 atom stereocenters. The molecule has 20 aliphatic heterocycles. The SMILES string of the molecule is C=C1CC2CCC34CC5OC6C(OC7CCC(CC(=O)CC8C(CC9OC(CCC1O2)CC(C)C9=C)OC(CC(O)CC)C8OC)OC7C6O3)C5O4.C=C1CC2CCC34CC5OC6C(OC7CCC(CC(=O)CC8C(CC9OC(CCC1O2)CC(C)C9=C)OC(CC(O)CN=[N+]=[N-])C8OC)OC7C6O3)C5O4. The molecule has 20 heterocycles. The third kappa shape index (κ3) is 14.8. The van der Waals surface area contributed by atoms with Gasteiger partial charge < -0.3 is 95.5 Å². The molecule has 106 heavy (non-hydrogen) atoms. The molecule has 0 aliphatic carbocycles. The fourth-order valence-electron chi connectivity index (χ4n) is 22.7. The Morgan fingerprint density at radius 2 is 0.858 bits per heavy atom. The van der Waals surface area contributed by atoms with Gasteiger partial charge in [-0.1, -0.05) is 52.2 Å². The van der Waals surface area contributed by atoms with E-state index in [2.05, 4.69) is 50.2 Å². The predicted molar refractivity (Wildman–Crippen MR) is 379 cm³/mol. The Morgan fingerprint density at radius 3 is 1.30 bits per heavy atom. The average molecular weight is 1480 g/mol. The molecule has 24 bridgehead atoms. The Morgan fingerprint density at radius 1 is 0.453 bits per heavy atom. The zero-order chi connectivity index (χ0) is 73.2. The summed E-state index contributed by atoms with van der Waals surface area (Å²) in [6.07, 6.45) is 10.0. The first-order valence-corrected chi connectivity index (χ1v) is 41.0. The van der Waals surface area contributed by atoms with Crippen molar-refractivity contribution in [2.24, 2.45) is 28.8 Å². The molecule has 20 aliphatic rings. The number of ketones is 2. The molecule has 20 saturated heterocycles. The fourth-order valence-corrected chi connectivity index (χ4v) is 22.7. The Balaban J connectivity index is 0.000000156. The molecule has 2 N–H and O–H groups in total. The van der Waals surface area contributed by atoms with Gasteiger partial charge in [0, 0.05) is 108 Å². The second-order valence-corrected chi connectivity index (χ2v) is 35.2. The van der Waals surface area contributed by atoms with E-state index in [0.29, 0.717) is 76.5 Å². The molecule has 2 spiro atoms. The van der Waals surface area contributed by atoms with E-state index in [-0.39, 0.29) is 226 Å². The number of hydrogen-bond donors (Lipinski definition) is 2. The monoisotopic (exact) mass is 1480 g/mol. The van der Waals surface area contributed by atoms with Gasteiger partial charge in [0.25, 0.3) is 0 Å². The summed E-state index contributed by atoms with van der Waals surface area (Å²) in [7, 11) is 3.31. The van der Waals surface area contributed by atoms with Crippen molar-refractivity contribution in [3.05, 3.63) is 59.1 Å². The van der Waals surface area contributed by atoms with Crippen LogP contribution in [-0.4, -0.2) is 249 Å². The lowest BCUT2D eigenvalue weighted by Gasteiger charge is -2.47. The van der Waals surface area contributed by atoms with Gasteiger partial charge in [-0.3, -0.25) is 9.59 Å².